The summed E-state index contributed by atoms with van der Waals surface area (Å²) in [6.07, 6.45) is 0. The molecule has 0 radical (unpaired) electrons. The van der Waals surface area contributed by atoms with E-state index in [1.54, 1.807) is 21.0 Å². The Morgan fingerprint density at radius 3 is 2.35 bits per heavy atom. The average Bonchev–Trinajstić information content (AvgIpc) is 2.82. The lowest BCUT2D eigenvalue weighted by atomic mass is 9.99. The molecule has 2 rings (SSSR count). The van der Waals surface area contributed by atoms with Crippen LogP contribution >= 0.6 is 0 Å². The highest BCUT2D eigenvalue weighted by atomic mass is 32.2. The number of hydrogen-bond acceptors (Lipinski definition) is 5. The van der Waals surface area contributed by atoms with Gasteiger partial charge in [-0.2, -0.15) is 0 Å². The Morgan fingerprint density at radius 1 is 1.17 bits per heavy atom. The molecule has 0 aliphatic rings. The van der Waals surface area contributed by atoms with E-state index in [2.05, 4.69) is 9.88 Å². The van der Waals surface area contributed by atoms with E-state index >= 15 is 0 Å². The van der Waals surface area contributed by atoms with Gasteiger partial charge in [-0.05, 0) is 56.9 Å². The molecule has 6 nitrogen and oxygen atoms in total. The molecule has 1 aromatic carbocycles. The largest absolute Gasteiger partial charge is 0.496 e. The van der Waals surface area contributed by atoms with Crippen LogP contribution in [0.5, 0.6) is 5.75 Å². The summed E-state index contributed by atoms with van der Waals surface area (Å²) in [7, 11) is -2.04. The third-order valence-corrected chi connectivity index (χ3v) is 5.67. The first-order valence-corrected chi connectivity index (χ1v) is 8.73. The fraction of sp³-hybridized carbons (Fsp3) is 0.438. The molecule has 1 N–H and O–H groups in total. The molecule has 0 saturated carbocycles. The van der Waals surface area contributed by atoms with Crippen molar-refractivity contribution in [2.45, 2.75) is 46.1 Å². The summed E-state index contributed by atoms with van der Waals surface area (Å²) < 4.78 is 37.9. The summed E-state index contributed by atoms with van der Waals surface area (Å²) in [4.78, 5) is 0.108. The highest BCUT2D eigenvalue weighted by molar-refractivity contribution is 7.89. The molecule has 0 unspecified atom stereocenters. The molecule has 0 aliphatic carbocycles. The van der Waals surface area contributed by atoms with Crippen molar-refractivity contribution >= 4 is 10.0 Å². The summed E-state index contributed by atoms with van der Waals surface area (Å²) >= 11 is 0. The van der Waals surface area contributed by atoms with Gasteiger partial charge in [-0.25, -0.2) is 13.1 Å². The first-order chi connectivity index (χ1) is 10.7. The molecule has 0 aliphatic heterocycles. The first kappa shape index (κ1) is 17.5. The summed E-state index contributed by atoms with van der Waals surface area (Å²) in [5.74, 6) is 1.12. The van der Waals surface area contributed by atoms with E-state index in [0.717, 1.165) is 28.0 Å². The van der Waals surface area contributed by atoms with Crippen molar-refractivity contribution in [3.63, 3.8) is 0 Å². The zero-order valence-corrected chi connectivity index (χ0v) is 15.1. The van der Waals surface area contributed by atoms with Gasteiger partial charge in [0.05, 0.1) is 7.11 Å². The lowest BCUT2D eigenvalue weighted by Gasteiger charge is -2.16. The molecule has 0 fully saturated rings. The topological polar surface area (TPSA) is 81.4 Å². The fourth-order valence-electron chi connectivity index (χ4n) is 2.74. The van der Waals surface area contributed by atoms with Gasteiger partial charge in [-0.1, -0.05) is 11.2 Å². The van der Waals surface area contributed by atoms with Gasteiger partial charge >= 0.3 is 0 Å². The number of methoxy groups -OCH3 is 1. The van der Waals surface area contributed by atoms with Gasteiger partial charge in [0.25, 0.3) is 0 Å². The van der Waals surface area contributed by atoms with Crippen LogP contribution in [0.1, 0.15) is 33.7 Å². The number of rotatable bonds is 5. The lowest BCUT2D eigenvalue weighted by Crippen LogP contribution is -2.24. The molecule has 1 heterocycles. The number of hydrogen-bond donors (Lipinski definition) is 1. The van der Waals surface area contributed by atoms with Crippen molar-refractivity contribution in [3.05, 3.63) is 39.8 Å². The van der Waals surface area contributed by atoms with Gasteiger partial charge in [0.1, 0.15) is 16.3 Å². The molecule has 126 valence electrons. The third-order valence-electron chi connectivity index (χ3n) is 4.03. The van der Waals surface area contributed by atoms with E-state index in [0.29, 0.717) is 5.69 Å². The molecule has 2 aromatic rings. The van der Waals surface area contributed by atoms with Crippen LogP contribution < -0.4 is 9.46 Å². The highest BCUT2D eigenvalue weighted by Crippen LogP contribution is 2.29. The number of aryl methyl sites for hydroxylation is 3. The van der Waals surface area contributed by atoms with E-state index in [9.17, 15) is 8.42 Å². The number of nitrogens with zero attached hydrogens (tertiary/aromatic N) is 1. The van der Waals surface area contributed by atoms with Crippen molar-refractivity contribution in [3.8, 4) is 5.75 Å². The monoisotopic (exact) mass is 338 g/mol. The van der Waals surface area contributed by atoms with E-state index in [-0.39, 0.29) is 17.2 Å². The number of benzene rings is 1. The number of nitrogens with one attached hydrogen (secondary N) is 1. The second kappa shape index (κ2) is 6.33. The molecule has 0 atom stereocenters. The van der Waals surface area contributed by atoms with Crippen molar-refractivity contribution in [2.75, 3.05) is 7.11 Å². The SMILES string of the molecule is COc1c(C)cc(CNS(=O)(=O)c2c(C)noc2C)c(C)c1C. The maximum Gasteiger partial charge on any atom is 0.246 e. The number of aromatic nitrogens is 1. The maximum atomic E-state index is 12.5. The van der Waals surface area contributed by atoms with E-state index < -0.39 is 10.0 Å². The predicted molar refractivity (Wildman–Crippen MR) is 87.2 cm³/mol. The molecule has 0 saturated heterocycles. The lowest BCUT2D eigenvalue weighted by molar-refractivity contribution is 0.390. The van der Waals surface area contributed by atoms with Crippen LogP contribution in [0.4, 0.5) is 0 Å². The minimum atomic E-state index is -3.67. The fourth-order valence-corrected chi connectivity index (χ4v) is 4.07. The van der Waals surface area contributed by atoms with Crippen molar-refractivity contribution in [1.29, 1.82) is 0 Å². The van der Waals surface area contributed by atoms with Crippen LogP contribution in [0.3, 0.4) is 0 Å². The molecular formula is C16H22N2O4S. The van der Waals surface area contributed by atoms with E-state index in [1.807, 2.05) is 26.8 Å². The molecule has 0 bridgehead atoms. The van der Waals surface area contributed by atoms with Crippen LogP contribution in [0.2, 0.25) is 0 Å². The molecule has 23 heavy (non-hydrogen) atoms. The van der Waals surface area contributed by atoms with E-state index in [1.165, 1.54) is 0 Å². The molecule has 0 amide bonds. The minimum Gasteiger partial charge on any atom is -0.496 e. The van der Waals surface area contributed by atoms with Crippen LogP contribution in [-0.4, -0.2) is 20.7 Å². The summed E-state index contributed by atoms with van der Waals surface area (Å²) in [6.45, 7) is 9.26. The standard InChI is InChI=1S/C16H22N2O4S/c1-9-7-14(10(2)11(3)15(9)21-6)8-17-23(19,20)16-12(4)18-22-13(16)5/h7,17H,8H2,1-6H3. The Morgan fingerprint density at radius 2 is 1.83 bits per heavy atom. The number of sulfonamides is 1. The Kier molecular flexibility index (Phi) is 4.81. The minimum absolute atomic E-state index is 0.108. The molecular weight excluding hydrogens is 316 g/mol. The summed E-state index contributed by atoms with van der Waals surface area (Å²) in [5.41, 5.74) is 4.26. The Bertz CT molecular complexity index is 819. The van der Waals surface area contributed by atoms with Crippen molar-refractivity contribution in [1.82, 2.24) is 9.88 Å². The van der Waals surface area contributed by atoms with Gasteiger partial charge in [0.15, 0.2) is 5.76 Å². The van der Waals surface area contributed by atoms with Gasteiger partial charge in [0.2, 0.25) is 10.0 Å². The van der Waals surface area contributed by atoms with Crippen LogP contribution in [0.15, 0.2) is 15.5 Å². The maximum absolute atomic E-state index is 12.5. The predicted octanol–water partition coefficient (Wildman–Crippen LogP) is 2.70. The number of ether oxygens (including phenoxy) is 1. The molecule has 1 aromatic heterocycles. The van der Waals surface area contributed by atoms with Gasteiger partial charge in [-0.15, -0.1) is 0 Å². The second-order valence-electron chi connectivity index (χ2n) is 5.61. The van der Waals surface area contributed by atoms with Gasteiger partial charge < -0.3 is 9.26 Å². The van der Waals surface area contributed by atoms with Crippen molar-refractivity contribution < 1.29 is 17.7 Å². The van der Waals surface area contributed by atoms with Crippen LogP contribution in [0, 0.1) is 34.6 Å². The molecule has 0 spiro atoms. The zero-order chi connectivity index (χ0) is 17.4. The van der Waals surface area contributed by atoms with Crippen molar-refractivity contribution in [2.24, 2.45) is 0 Å². The summed E-state index contributed by atoms with van der Waals surface area (Å²) in [5, 5.41) is 3.70. The highest BCUT2D eigenvalue weighted by Gasteiger charge is 2.24. The Balaban J connectivity index is 2.32. The first-order valence-electron chi connectivity index (χ1n) is 7.25. The van der Waals surface area contributed by atoms with E-state index in [4.69, 9.17) is 9.26 Å². The Hall–Kier alpha value is -1.86. The van der Waals surface area contributed by atoms with Crippen LogP contribution in [0.25, 0.3) is 0 Å². The second-order valence-corrected chi connectivity index (χ2v) is 7.32. The molecule has 7 heteroatoms. The van der Waals surface area contributed by atoms with Crippen LogP contribution in [-0.2, 0) is 16.6 Å². The normalized spacial score (nSPS) is 11.7. The Labute approximate surface area is 136 Å². The average molecular weight is 338 g/mol. The van der Waals surface area contributed by atoms with Gasteiger partial charge in [-0.3, -0.25) is 0 Å². The third kappa shape index (κ3) is 3.25. The van der Waals surface area contributed by atoms with Gasteiger partial charge in [0, 0.05) is 6.54 Å². The summed E-state index contributed by atoms with van der Waals surface area (Å²) in [6, 6.07) is 1.94. The zero-order valence-electron chi connectivity index (χ0n) is 14.3. The quantitative estimate of drug-likeness (QED) is 0.906. The smallest absolute Gasteiger partial charge is 0.246 e.